The predicted molar refractivity (Wildman–Crippen MR) is 103 cm³/mol. The molecule has 3 rings (SSSR count). The van der Waals surface area contributed by atoms with Gasteiger partial charge in [0.25, 0.3) is 0 Å². The Balaban J connectivity index is 1.94. The van der Waals surface area contributed by atoms with Crippen LogP contribution in [0, 0.1) is 11.3 Å². The normalized spacial score (nSPS) is 12.0. The molecule has 1 heterocycles. The smallest absolute Gasteiger partial charge is 0.417 e. The lowest BCUT2D eigenvalue weighted by atomic mass is 10.2. The van der Waals surface area contributed by atoms with Crippen molar-refractivity contribution >= 4 is 27.0 Å². The minimum Gasteiger partial charge on any atom is -0.493 e. The van der Waals surface area contributed by atoms with E-state index in [2.05, 4.69) is 4.98 Å². The predicted octanol–water partition coefficient (Wildman–Crippen LogP) is 2.62. The Morgan fingerprint density at radius 1 is 1.18 bits per heavy atom. The maximum absolute atomic E-state index is 12.7. The van der Waals surface area contributed by atoms with Crippen LogP contribution in [0.4, 0.5) is 0 Å². The van der Waals surface area contributed by atoms with Crippen LogP contribution in [-0.2, 0) is 15.6 Å². The fraction of sp³-hybridized carbons (Fsp3) is 0.158. The van der Waals surface area contributed by atoms with Gasteiger partial charge >= 0.3 is 5.76 Å². The molecule has 0 amide bonds. The van der Waals surface area contributed by atoms with Gasteiger partial charge in [0.1, 0.15) is 11.0 Å². The van der Waals surface area contributed by atoms with Crippen molar-refractivity contribution in [2.24, 2.45) is 0 Å². The number of hydrogen-bond donors (Lipinski definition) is 1. The number of rotatable bonds is 6. The van der Waals surface area contributed by atoms with Gasteiger partial charge in [0, 0.05) is 0 Å². The zero-order valence-electron chi connectivity index (χ0n) is 15.1. The Morgan fingerprint density at radius 3 is 2.61 bits per heavy atom. The highest BCUT2D eigenvalue weighted by atomic mass is 32.2. The van der Waals surface area contributed by atoms with Gasteiger partial charge < -0.3 is 13.9 Å². The number of methoxy groups -OCH3 is 2. The number of ether oxygens (including phenoxy) is 2. The second-order valence-electron chi connectivity index (χ2n) is 5.84. The van der Waals surface area contributed by atoms with E-state index in [1.807, 2.05) is 0 Å². The summed E-state index contributed by atoms with van der Waals surface area (Å²) in [5.74, 6) is -0.127. The molecule has 0 atom stereocenters. The van der Waals surface area contributed by atoms with Crippen LogP contribution in [0.1, 0.15) is 11.1 Å². The van der Waals surface area contributed by atoms with E-state index in [-0.39, 0.29) is 11.3 Å². The first-order valence-corrected chi connectivity index (χ1v) is 9.70. The summed E-state index contributed by atoms with van der Waals surface area (Å²) >= 11 is 0. The highest BCUT2D eigenvalue weighted by Crippen LogP contribution is 2.29. The summed E-state index contributed by atoms with van der Waals surface area (Å²) in [6.07, 6.45) is 1.24. The lowest BCUT2D eigenvalue weighted by Gasteiger charge is -2.09. The lowest BCUT2D eigenvalue weighted by molar-refractivity contribution is 0.354. The van der Waals surface area contributed by atoms with E-state index < -0.39 is 20.5 Å². The van der Waals surface area contributed by atoms with E-state index >= 15 is 0 Å². The van der Waals surface area contributed by atoms with Crippen LogP contribution in [0.25, 0.3) is 17.2 Å². The molecule has 28 heavy (non-hydrogen) atoms. The molecule has 0 saturated heterocycles. The average molecular weight is 400 g/mol. The molecule has 0 fully saturated rings. The maximum Gasteiger partial charge on any atom is 0.417 e. The lowest BCUT2D eigenvalue weighted by Crippen LogP contribution is -2.07. The number of oxazole rings is 1. The molecule has 0 unspecified atom stereocenters. The van der Waals surface area contributed by atoms with Gasteiger partial charge in [-0.1, -0.05) is 12.1 Å². The van der Waals surface area contributed by atoms with Gasteiger partial charge in [-0.2, -0.15) is 5.26 Å². The first-order chi connectivity index (χ1) is 13.4. The van der Waals surface area contributed by atoms with Crippen LogP contribution in [0.5, 0.6) is 11.5 Å². The Kier molecular flexibility index (Phi) is 5.24. The van der Waals surface area contributed by atoms with Crippen molar-refractivity contribution in [3.05, 3.63) is 63.0 Å². The monoisotopic (exact) mass is 400 g/mol. The minimum absolute atomic E-state index is 0.272. The molecule has 2 aromatic carbocycles. The van der Waals surface area contributed by atoms with E-state index in [1.165, 1.54) is 26.4 Å². The van der Waals surface area contributed by atoms with Gasteiger partial charge in [0.05, 0.1) is 25.5 Å². The third kappa shape index (κ3) is 3.92. The van der Waals surface area contributed by atoms with E-state index in [1.54, 1.807) is 36.4 Å². The topological polar surface area (TPSA) is 122 Å². The highest BCUT2D eigenvalue weighted by Gasteiger charge is 2.20. The molecule has 9 heteroatoms. The summed E-state index contributed by atoms with van der Waals surface area (Å²) in [5, 5.41) is 9.38. The van der Waals surface area contributed by atoms with Crippen LogP contribution in [-0.4, -0.2) is 27.6 Å². The van der Waals surface area contributed by atoms with Gasteiger partial charge in [0.15, 0.2) is 26.9 Å². The molecule has 1 N–H and O–H groups in total. The molecule has 1 aromatic heterocycles. The van der Waals surface area contributed by atoms with E-state index in [0.29, 0.717) is 28.1 Å². The van der Waals surface area contributed by atoms with Crippen molar-refractivity contribution in [3.63, 3.8) is 0 Å². The van der Waals surface area contributed by atoms with Crippen molar-refractivity contribution in [2.75, 3.05) is 14.2 Å². The molecule has 0 spiro atoms. The summed E-state index contributed by atoms with van der Waals surface area (Å²) in [5.41, 5.74) is 1.62. The molecule has 3 aromatic rings. The second kappa shape index (κ2) is 7.62. The molecule has 144 valence electrons. The molecule has 8 nitrogen and oxygen atoms in total. The Labute approximate surface area is 160 Å². The number of aromatic nitrogens is 1. The van der Waals surface area contributed by atoms with E-state index in [4.69, 9.17) is 13.9 Å². The largest absolute Gasteiger partial charge is 0.493 e. The van der Waals surface area contributed by atoms with Crippen molar-refractivity contribution < 1.29 is 22.3 Å². The number of benzene rings is 2. The number of nitrogens with one attached hydrogen (secondary N) is 1. The molecule has 0 aliphatic carbocycles. The Hall–Kier alpha value is -3.51. The van der Waals surface area contributed by atoms with E-state index in [9.17, 15) is 18.5 Å². The van der Waals surface area contributed by atoms with Crippen LogP contribution in [0.2, 0.25) is 0 Å². The number of sulfone groups is 1. The van der Waals surface area contributed by atoms with Gasteiger partial charge in [-0.3, -0.25) is 4.98 Å². The van der Waals surface area contributed by atoms with Crippen molar-refractivity contribution in [1.29, 1.82) is 5.26 Å². The van der Waals surface area contributed by atoms with Gasteiger partial charge in [-0.05, 0) is 41.5 Å². The zero-order chi connectivity index (χ0) is 20.3. The first-order valence-electron chi connectivity index (χ1n) is 8.04. The number of aromatic amines is 1. The Bertz CT molecular complexity index is 1260. The standard InChI is InChI=1S/C19H16N2O6S/c1-25-16-6-4-13(9-18(16)26-2)11-28(23,24)14(10-20)7-12-3-5-15-17(8-12)27-19(22)21-15/h3-9H,11H2,1-2H3,(H,21,22)/b14-7+. The maximum atomic E-state index is 12.7. The number of fused-ring (bicyclic) bond motifs is 1. The fourth-order valence-corrected chi connectivity index (χ4v) is 3.89. The van der Waals surface area contributed by atoms with E-state index in [0.717, 1.165) is 0 Å². The third-order valence-corrected chi connectivity index (χ3v) is 5.59. The summed E-state index contributed by atoms with van der Waals surface area (Å²) < 4.78 is 40.7. The third-order valence-electron chi connectivity index (χ3n) is 3.99. The van der Waals surface area contributed by atoms with Crippen molar-refractivity contribution in [1.82, 2.24) is 4.98 Å². The number of H-pyrrole nitrogens is 1. The fourth-order valence-electron chi connectivity index (χ4n) is 2.66. The molecule has 0 saturated carbocycles. The summed E-state index contributed by atoms with van der Waals surface area (Å²) in [6, 6.07) is 11.1. The van der Waals surface area contributed by atoms with Crippen LogP contribution in [0.15, 0.2) is 50.5 Å². The molecule has 0 aliphatic rings. The van der Waals surface area contributed by atoms with Crippen LogP contribution >= 0.6 is 0 Å². The number of nitriles is 1. The first kappa shape index (κ1) is 19.3. The second-order valence-corrected chi connectivity index (χ2v) is 7.80. The minimum atomic E-state index is -3.91. The number of nitrogens with zero attached hydrogens (tertiary/aromatic N) is 1. The summed E-state index contributed by atoms with van der Waals surface area (Å²) in [4.78, 5) is 13.3. The number of hydrogen-bond acceptors (Lipinski definition) is 7. The molecule has 0 aliphatic heterocycles. The Morgan fingerprint density at radius 2 is 1.93 bits per heavy atom. The van der Waals surface area contributed by atoms with Gasteiger partial charge in [0.2, 0.25) is 0 Å². The van der Waals surface area contributed by atoms with Gasteiger partial charge in [-0.15, -0.1) is 0 Å². The van der Waals surface area contributed by atoms with Gasteiger partial charge in [-0.25, -0.2) is 13.2 Å². The average Bonchev–Trinajstić information content (AvgIpc) is 3.04. The molecular weight excluding hydrogens is 384 g/mol. The highest BCUT2D eigenvalue weighted by molar-refractivity contribution is 7.95. The molecular formula is C19H16N2O6S. The SMILES string of the molecule is COc1ccc(CS(=O)(=O)/C(C#N)=C/c2ccc3[nH]c(=O)oc3c2)cc1OC. The summed E-state index contributed by atoms with van der Waals surface area (Å²) in [7, 11) is -0.982. The quantitative estimate of drug-likeness (QED) is 0.631. The van der Waals surface area contributed by atoms with Crippen LogP contribution < -0.4 is 15.2 Å². The summed E-state index contributed by atoms with van der Waals surface area (Å²) in [6.45, 7) is 0. The van der Waals surface area contributed by atoms with Crippen molar-refractivity contribution in [2.45, 2.75) is 5.75 Å². The van der Waals surface area contributed by atoms with Crippen LogP contribution in [0.3, 0.4) is 0 Å². The zero-order valence-corrected chi connectivity index (χ0v) is 15.9. The molecule has 0 radical (unpaired) electrons. The van der Waals surface area contributed by atoms with Crippen molar-refractivity contribution in [3.8, 4) is 17.6 Å². The molecule has 0 bridgehead atoms. The number of allylic oxidation sites excluding steroid dienone is 1.